The van der Waals surface area contributed by atoms with Gasteiger partial charge in [-0.15, -0.1) is 11.3 Å². The van der Waals surface area contributed by atoms with E-state index in [4.69, 9.17) is 16.7 Å². The summed E-state index contributed by atoms with van der Waals surface area (Å²) >= 11 is 6.92. The molecule has 0 aliphatic heterocycles. The molecule has 7 heteroatoms. The van der Waals surface area contributed by atoms with Crippen LogP contribution < -0.4 is 4.72 Å². The molecule has 1 aromatic carbocycles. The smallest absolute Gasteiger partial charge is 0.271 e. The van der Waals surface area contributed by atoms with Crippen molar-refractivity contribution in [3.63, 3.8) is 0 Å². The summed E-state index contributed by atoms with van der Waals surface area (Å²) in [4.78, 5) is 0. The lowest BCUT2D eigenvalue weighted by molar-refractivity contribution is 0.282. The van der Waals surface area contributed by atoms with Gasteiger partial charge in [-0.05, 0) is 41.6 Å². The third kappa shape index (κ3) is 3.27. The largest absolute Gasteiger partial charge is 0.392 e. The maximum atomic E-state index is 12.2. The van der Waals surface area contributed by atoms with Crippen LogP contribution in [-0.4, -0.2) is 13.5 Å². The van der Waals surface area contributed by atoms with Crippen LogP contribution >= 0.6 is 22.9 Å². The lowest BCUT2D eigenvalue weighted by atomic mass is 10.2. The molecule has 0 amide bonds. The van der Waals surface area contributed by atoms with Gasteiger partial charge in [0.2, 0.25) is 0 Å². The van der Waals surface area contributed by atoms with Crippen molar-refractivity contribution in [2.45, 2.75) is 17.7 Å². The molecular weight excluding hydrogens is 306 g/mol. The number of hydrogen-bond donors (Lipinski definition) is 2. The minimum absolute atomic E-state index is 0.163. The van der Waals surface area contributed by atoms with Crippen molar-refractivity contribution < 1.29 is 13.5 Å². The van der Waals surface area contributed by atoms with Crippen molar-refractivity contribution >= 4 is 38.6 Å². The maximum Gasteiger partial charge on any atom is 0.271 e. The molecule has 19 heavy (non-hydrogen) atoms. The summed E-state index contributed by atoms with van der Waals surface area (Å²) in [7, 11) is -3.64. The standard InChI is InChI=1S/C12H12ClNO3S2/c1-8-2-3-10(13)5-11(8)14-19(16,17)12-4-9(6-15)7-18-12/h2-5,7,14-15H,6H2,1H3. The van der Waals surface area contributed by atoms with Gasteiger partial charge in [-0.2, -0.15) is 0 Å². The normalized spacial score (nSPS) is 11.5. The molecule has 0 aliphatic rings. The molecule has 0 unspecified atom stereocenters. The molecular formula is C12H12ClNO3S2. The van der Waals surface area contributed by atoms with E-state index in [-0.39, 0.29) is 10.8 Å². The Bertz CT molecular complexity index is 695. The Hall–Kier alpha value is -1.08. The number of sulfonamides is 1. The molecule has 1 aromatic heterocycles. The number of hydrogen-bond acceptors (Lipinski definition) is 4. The molecule has 0 saturated carbocycles. The third-order valence-electron chi connectivity index (χ3n) is 2.52. The first-order valence-corrected chi connectivity index (χ1v) is 8.14. The van der Waals surface area contributed by atoms with Crippen molar-refractivity contribution in [3.05, 3.63) is 45.8 Å². The second-order valence-electron chi connectivity index (χ2n) is 4.00. The van der Waals surface area contributed by atoms with Crippen molar-refractivity contribution in [2.75, 3.05) is 4.72 Å². The van der Waals surface area contributed by atoms with Crippen LogP contribution in [0.15, 0.2) is 33.9 Å². The summed E-state index contributed by atoms with van der Waals surface area (Å²) in [6, 6.07) is 6.46. The fourth-order valence-electron chi connectivity index (χ4n) is 1.48. The first-order chi connectivity index (χ1) is 8.92. The van der Waals surface area contributed by atoms with E-state index >= 15 is 0 Å². The summed E-state index contributed by atoms with van der Waals surface area (Å²) in [6.07, 6.45) is 0. The Morgan fingerprint density at radius 2 is 2.11 bits per heavy atom. The van der Waals surface area contributed by atoms with Gasteiger partial charge >= 0.3 is 0 Å². The van der Waals surface area contributed by atoms with Gasteiger partial charge in [0.1, 0.15) is 4.21 Å². The molecule has 0 spiro atoms. The molecule has 0 atom stereocenters. The van der Waals surface area contributed by atoms with E-state index in [2.05, 4.69) is 4.72 Å². The van der Waals surface area contributed by atoms with Gasteiger partial charge in [-0.1, -0.05) is 17.7 Å². The number of nitrogens with one attached hydrogen (secondary N) is 1. The zero-order valence-electron chi connectivity index (χ0n) is 10.1. The quantitative estimate of drug-likeness (QED) is 0.911. The SMILES string of the molecule is Cc1ccc(Cl)cc1NS(=O)(=O)c1cc(CO)cs1. The van der Waals surface area contributed by atoms with Crippen LogP contribution in [0.4, 0.5) is 5.69 Å². The van der Waals surface area contributed by atoms with Crippen molar-refractivity contribution in [2.24, 2.45) is 0 Å². The fourth-order valence-corrected chi connectivity index (χ4v) is 3.97. The van der Waals surface area contributed by atoms with Gasteiger partial charge < -0.3 is 5.11 Å². The number of aryl methyl sites for hydroxylation is 1. The van der Waals surface area contributed by atoms with Crippen molar-refractivity contribution in [1.29, 1.82) is 0 Å². The van der Waals surface area contributed by atoms with Crippen molar-refractivity contribution in [1.82, 2.24) is 0 Å². The maximum absolute atomic E-state index is 12.2. The summed E-state index contributed by atoms with van der Waals surface area (Å²) in [6.45, 7) is 1.62. The number of aliphatic hydroxyl groups excluding tert-OH is 1. The third-order valence-corrected chi connectivity index (χ3v) is 5.61. The molecule has 0 aliphatic carbocycles. The predicted octanol–water partition coefficient (Wildman–Crippen LogP) is 3.00. The molecule has 4 nitrogen and oxygen atoms in total. The van der Waals surface area contributed by atoms with E-state index in [1.165, 1.54) is 6.07 Å². The Balaban J connectivity index is 2.33. The van der Waals surface area contributed by atoms with E-state index in [1.54, 1.807) is 30.5 Å². The number of aliphatic hydroxyl groups is 1. The Labute approximate surface area is 120 Å². The minimum atomic E-state index is -3.64. The Kier molecular flexibility index (Phi) is 4.15. The van der Waals surface area contributed by atoms with Gasteiger partial charge in [-0.25, -0.2) is 8.42 Å². The highest BCUT2D eigenvalue weighted by Gasteiger charge is 2.17. The second kappa shape index (κ2) is 5.50. The van der Waals surface area contributed by atoms with Crippen LogP contribution in [-0.2, 0) is 16.6 Å². The van der Waals surface area contributed by atoms with E-state index in [9.17, 15) is 8.42 Å². The Morgan fingerprint density at radius 3 is 2.74 bits per heavy atom. The number of thiophene rings is 1. The topological polar surface area (TPSA) is 66.4 Å². The van der Waals surface area contributed by atoms with E-state index in [0.717, 1.165) is 16.9 Å². The lowest BCUT2D eigenvalue weighted by Gasteiger charge is -2.09. The second-order valence-corrected chi connectivity index (χ2v) is 7.25. The number of anilines is 1. The number of benzene rings is 1. The van der Waals surface area contributed by atoms with E-state index in [1.807, 2.05) is 0 Å². The summed E-state index contributed by atoms with van der Waals surface area (Å²) in [5, 5.41) is 11.0. The highest BCUT2D eigenvalue weighted by atomic mass is 35.5. The number of rotatable bonds is 4. The van der Waals surface area contributed by atoms with Crippen molar-refractivity contribution in [3.8, 4) is 0 Å². The number of halogens is 1. The first kappa shape index (κ1) is 14.3. The van der Waals surface area contributed by atoms with Gasteiger partial charge in [0.05, 0.1) is 12.3 Å². The van der Waals surface area contributed by atoms with Crippen LogP contribution in [0, 0.1) is 6.92 Å². The molecule has 1 heterocycles. The monoisotopic (exact) mass is 317 g/mol. The van der Waals surface area contributed by atoms with Crippen LogP contribution in [0.3, 0.4) is 0 Å². The molecule has 0 fully saturated rings. The highest BCUT2D eigenvalue weighted by molar-refractivity contribution is 7.94. The highest BCUT2D eigenvalue weighted by Crippen LogP contribution is 2.26. The minimum Gasteiger partial charge on any atom is -0.392 e. The molecule has 102 valence electrons. The van der Waals surface area contributed by atoms with Crippen LogP contribution in [0.5, 0.6) is 0 Å². The Morgan fingerprint density at radius 1 is 1.37 bits per heavy atom. The molecule has 2 rings (SSSR count). The van der Waals surface area contributed by atoms with Gasteiger partial charge in [0.15, 0.2) is 0 Å². The average molecular weight is 318 g/mol. The first-order valence-electron chi connectivity index (χ1n) is 5.39. The predicted molar refractivity (Wildman–Crippen MR) is 77.2 cm³/mol. The molecule has 0 radical (unpaired) electrons. The van der Waals surface area contributed by atoms with Crippen LogP contribution in [0.1, 0.15) is 11.1 Å². The summed E-state index contributed by atoms with van der Waals surface area (Å²) < 4.78 is 27.0. The molecule has 2 N–H and O–H groups in total. The van der Waals surface area contributed by atoms with E-state index in [0.29, 0.717) is 16.3 Å². The zero-order valence-corrected chi connectivity index (χ0v) is 12.4. The van der Waals surface area contributed by atoms with Crippen LogP contribution in [0.2, 0.25) is 5.02 Å². The van der Waals surface area contributed by atoms with Crippen LogP contribution in [0.25, 0.3) is 0 Å². The molecule has 2 aromatic rings. The molecule has 0 bridgehead atoms. The summed E-state index contributed by atoms with van der Waals surface area (Å²) in [5.74, 6) is 0. The average Bonchev–Trinajstić information content (AvgIpc) is 2.83. The van der Waals surface area contributed by atoms with E-state index < -0.39 is 10.0 Å². The summed E-state index contributed by atoms with van der Waals surface area (Å²) in [5.41, 5.74) is 1.81. The fraction of sp³-hybridized carbons (Fsp3) is 0.167. The van der Waals surface area contributed by atoms with Gasteiger partial charge in [0.25, 0.3) is 10.0 Å². The zero-order chi connectivity index (χ0) is 14.0. The van der Waals surface area contributed by atoms with Gasteiger partial charge in [0, 0.05) is 5.02 Å². The lowest BCUT2D eigenvalue weighted by Crippen LogP contribution is -2.12. The van der Waals surface area contributed by atoms with Gasteiger partial charge in [-0.3, -0.25) is 4.72 Å². The molecule has 0 saturated heterocycles.